The minimum atomic E-state index is -0.800. The van der Waals surface area contributed by atoms with Crippen LogP contribution in [0.25, 0.3) is 21.9 Å². The number of aliphatic carboxylic acids is 1. The molecule has 0 aliphatic carbocycles. The minimum absolute atomic E-state index is 0.0884. The molecule has 0 unspecified atom stereocenters. The zero-order valence-corrected chi connectivity index (χ0v) is 23.2. The van der Waals surface area contributed by atoms with Gasteiger partial charge in [-0.1, -0.05) is 42.5 Å². The van der Waals surface area contributed by atoms with Gasteiger partial charge in [-0.25, -0.2) is 4.98 Å². The van der Waals surface area contributed by atoms with E-state index in [1.807, 2.05) is 33.2 Å². The number of nitrogens with zero attached hydrogens (tertiary/aromatic N) is 3. The van der Waals surface area contributed by atoms with Crippen molar-refractivity contribution in [1.29, 1.82) is 0 Å². The van der Waals surface area contributed by atoms with Gasteiger partial charge in [0.15, 0.2) is 0 Å². The lowest BCUT2D eigenvalue weighted by Crippen LogP contribution is -2.35. The van der Waals surface area contributed by atoms with Crippen LogP contribution >= 0.6 is 0 Å². The summed E-state index contributed by atoms with van der Waals surface area (Å²) in [7, 11) is 3.66. The highest BCUT2D eigenvalue weighted by Gasteiger charge is 2.32. The Balaban J connectivity index is 1.52. The van der Waals surface area contributed by atoms with Crippen molar-refractivity contribution in [2.45, 2.75) is 52.0 Å². The van der Waals surface area contributed by atoms with Gasteiger partial charge in [-0.2, -0.15) is 0 Å². The monoisotopic (exact) mass is 527 g/mol. The van der Waals surface area contributed by atoms with Gasteiger partial charge in [0.05, 0.1) is 11.4 Å². The molecule has 0 saturated carbocycles. The Hall–Kier alpha value is -3.71. The van der Waals surface area contributed by atoms with Crippen LogP contribution in [-0.4, -0.2) is 58.7 Å². The van der Waals surface area contributed by atoms with Crippen molar-refractivity contribution >= 4 is 33.8 Å². The van der Waals surface area contributed by atoms with E-state index in [4.69, 9.17) is 9.72 Å². The molecule has 1 aliphatic heterocycles. The summed E-state index contributed by atoms with van der Waals surface area (Å²) < 4.78 is 7.81. The highest BCUT2D eigenvalue weighted by atomic mass is 16.5. The summed E-state index contributed by atoms with van der Waals surface area (Å²) in [5, 5.41) is 11.5. The quantitative estimate of drug-likeness (QED) is 0.328. The number of para-hydroxylation sites is 1. The number of amides is 1. The van der Waals surface area contributed by atoms with Gasteiger partial charge >= 0.3 is 5.97 Å². The van der Waals surface area contributed by atoms with Gasteiger partial charge in [-0.15, -0.1) is 0 Å². The molecule has 1 fully saturated rings. The van der Waals surface area contributed by atoms with E-state index in [0.717, 1.165) is 62.7 Å². The van der Waals surface area contributed by atoms with Crippen LogP contribution in [0, 0.1) is 19.8 Å². The third kappa shape index (κ3) is 5.28. The molecule has 4 aromatic rings. The normalized spacial score (nSPS) is 15.1. The Labute approximate surface area is 229 Å². The van der Waals surface area contributed by atoms with Crippen molar-refractivity contribution in [2.75, 3.05) is 27.3 Å². The van der Waals surface area contributed by atoms with E-state index >= 15 is 0 Å². The van der Waals surface area contributed by atoms with Gasteiger partial charge in [0.25, 0.3) is 0 Å². The predicted octanol–water partition coefficient (Wildman–Crippen LogP) is 5.47. The molecule has 1 saturated heterocycles. The molecule has 1 aliphatic rings. The molecule has 2 aromatic carbocycles. The average Bonchev–Trinajstić information content (AvgIpc) is 3.23. The highest BCUT2D eigenvalue weighted by molar-refractivity contribution is 6.08. The van der Waals surface area contributed by atoms with Crippen LogP contribution in [0.15, 0.2) is 48.5 Å². The molecule has 3 heterocycles. The second kappa shape index (κ2) is 11.2. The second-order valence-corrected chi connectivity index (χ2v) is 10.9. The van der Waals surface area contributed by atoms with Gasteiger partial charge in [0, 0.05) is 56.7 Å². The lowest BCUT2D eigenvalue weighted by Gasteiger charge is -2.31. The summed E-state index contributed by atoms with van der Waals surface area (Å²) in [6, 6.07) is 16.8. The largest absolute Gasteiger partial charge is 0.481 e. The summed E-state index contributed by atoms with van der Waals surface area (Å²) in [4.78, 5) is 31.2. The topological polar surface area (TPSA) is 84.7 Å². The summed E-state index contributed by atoms with van der Waals surface area (Å²) in [6.45, 7) is 6.11. The molecule has 0 bridgehead atoms. The van der Waals surface area contributed by atoms with Crippen LogP contribution in [0.3, 0.4) is 0 Å². The summed E-state index contributed by atoms with van der Waals surface area (Å²) in [5.74, 6) is -0.540. The van der Waals surface area contributed by atoms with Crippen molar-refractivity contribution < 1.29 is 19.4 Å². The standard InChI is InChI=1S/C32H37N3O4/c1-20-25(13-14-28(36)37)21(2)33-31-29(20)26-7-5-6-8-27(26)35(31)19-22-9-11-23(12-10-22)30(32(38)34(3)4)24-15-17-39-18-16-24/h5-12,24,30H,13-19H2,1-4H3,(H,36,37)/t30-/m1/s1. The second-order valence-electron chi connectivity index (χ2n) is 10.9. The lowest BCUT2D eigenvalue weighted by atomic mass is 9.80. The fraction of sp³-hybridized carbons (Fsp3) is 0.406. The first-order chi connectivity index (χ1) is 18.8. The van der Waals surface area contributed by atoms with Gasteiger partial charge < -0.3 is 19.3 Å². The van der Waals surface area contributed by atoms with E-state index in [2.05, 4.69) is 47.9 Å². The van der Waals surface area contributed by atoms with Gasteiger partial charge in [0.1, 0.15) is 5.65 Å². The van der Waals surface area contributed by atoms with Crippen molar-refractivity contribution in [3.05, 3.63) is 76.5 Å². The molecular weight excluding hydrogens is 490 g/mol. The number of pyridine rings is 1. The average molecular weight is 528 g/mol. The SMILES string of the molecule is Cc1nc2c(c(C)c1CCC(=O)O)c1ccccc1n2Cc1ccc([C@@H](C(=O)N(C)C)C2CCOCC2)cc1. The van der Waals surface area contributed by atoms with Crippen LogP contribution < -0.4 is 0 Å². The number of benzene rings is 2. The van der Waals surface area contributed by atoms with Gasteiger partial charge in [-0.3, -0.25) is 9.59 Å². The maximum atomic E-state index is 13.2. The Morgan fingerprint density at radius 1 is 1.08 bits per heavy atom. The molecular formula is C32H37N3O4. The Morgan fingerprint density at radius 2 is 1.77 bits per heavy atom. The number of ether oxygens (including phenoxy) is 1. The first-order valence-corrected chi connectivity index (χ1v) is 13.7. The van der Waals surface area contributed by atoms with Crippen molar-refractivity contribution in [1.82, 2.24) is 14.5 Å². The molecule has 7 heteroatoms. The number of hydrogen-bond acceptors (Lipinski definition) is 4. The van der Waals surface area contributed by atoms with Crippen LogP contribution in [0.2, 0.25) is 0 Å². The zero-order valence-electron chi connectivity index (χ0n) is 23.2. The Kier molecular flexibility index (Phi) is 7.71. The fourth-order valence-corrected chi connectivity index (χ4v) is 6.14. The highest BCUT2D eigenvalue weighted by Crippen LogP contribution is 2.36. The fourth-order valence-electron chi connectivity index (χ4n) is 6.14. The first kappa shape index (κ1) is 26.9. The van der Waals surface area contributed by atoms with Crippen molar-refractivity contribution in [2.24, 2.45) is 5.92 Å². The van der Waals surface area contributed by atoms with Gasteiger partial charge in [0.2, 0.25) is 5.91 Å². The number of carbonyl (C=O) groups excluding carboxylic acids is 1. The molecule has 1 atom stereocenters. The summed E-state index contributed by atoms with van der Waals surface area (Å²) in [5.41, 5.74) is 7.20. The van der Waals surface area contributed by atoms with E-state index < -0.39 is 5.97 Å². The maximum Gasteiger partial charge on any atom is 0.303 e. The Bertz CT molecular complexity index is 1510. The van der Waals surface area contributed by atoms with Crippen LogP contribution in [0.5, 0.6) is 0 Å². The smallest absolute Gasteiger partial charge is 0.303 e. The van der Waals surface area contributed by atoms with E-state index in [-0.39, 0.29) is 24.2 Å². The molecule has 39 heavy (non-hydrogen) atoms. The molecule has 204 valence electrons. The van der Waals surface area contributed by atoms with Crippen LogP contribution in [-0.2, 0) is 27.3 Å². The van der Waals surface area contributed by atoms with Crippen molar-refractivity contribution in [3.63, 3.8) is 0 Å². The number of carboxylic acids is 1. The first-order valence-electron chi connectivity index (χ1n) is 13.7. The van der Waals surface area contributed by atoms with E-state index in [0.29, 0.717) is 26.2 Å². The molecule has 7 nitrogen and oxygen atoms in total. The lowest BCUT2D eigenvalue weighted by molar-refractivity contribution is -0.137. The minimum Gasteiger partial charge on any atom is -0.481 e. The number of fused-ring (bicyclic) bond motifs is 3. The molecule has 0 spiro atoms. The third-order valence-corrected chi connectivity index (χ3v) is 8.19. The van der Waals surface area contributed by atoms with Crippen LogP contribution in [0.1, 0.15) is 53.1 Å². The van der Waals surface area contributed by atoms with E-state index in [1.54, 1.807) is 4.90 Å². The Morgan fingerprint density at radius 3 is 2.44 bits per heavy atom. The maximum absolute atomic E-state index is 13.2. The number of likely N-dealkylation sites (N-methyl/N-ethyl adjacent to an activating group) is 1. The summed E-state index contributed by atoms with van der Waals surface area (Å²) in [6.07, 6.45) is 2.35. The third-order valence-electron chi connectivity index (χ3n) is 8.19. The molecule has 1 amide bonds. The molecule has 5 rings (SSSR count). The molecule has 0 radical (unpaired) electrons. The van der Waals surface area contributed by atoms with Crippen LogP contribution in [0.4, 0.5) is 0 Å². The number of carbonyl (C=O) groups is 2. The van der Waals surface area contributed by atoms with E-state index in [1.165, 1.54) is 0 Å². The number of hydrogen-bond donors (Lipinski definition) is 1. The summed E-state index contributed by atoms with van der Waals surface area (Å²) >= 11 is 0. The number of carboxylic acid groups (broad SMARTS) is 1. The van der Waals surface area contributed by atoms with E-state index in [9.17, 15) is 14.7 Å². The molecule has 2 aromatic heterocycles. The predicted molar refractivity (Wildman–Crippen MR) is 153 cm³/mol. The zero-order chi connectivity index (χ0) is 27.7. The number of aryl methyl sites for hydroxylation is 2. The number of rotatable bonds is 8. The molecule has 1 N–H and O–H groups in total. The number of aromatic nitrogens is 2. The van der Waals surface area contributed by atoms with Gasteiger partial charge in [-0.05, 0) is 67.3 Å². The van der Waals surface area contributed by atoms with Crippen molar-refractivity contribution in [3.8, 4) is 0 Å².